The molecule has 0 aliphatic heterocycles. The van der Waals surface area contributed by atoms with Crippen molar-refractivity contribution < 1.29 is 15.5 Å². The van der Waals surface area contributed by atoms with Crippen molar-refractivity contribution in [1.29, 1.82) is 0 Å². The second-order valence-electron chi connectivity index (χ2n) is 2.91. The van der Waals surface area contributed by atoms with E-state index in [0.29, 0.717) is 6.04 Å². The molecular weight excluding hydrogens is 378 g/mol. The summed E-state index contributed by atoms with van der Waals surface area (Å²) in [5.74, 6) is 0.801. The van der Waals surface area contributed by atoms with Gasteiger partial charge in [-0.15, -0.1) is 0 Å². The van der Waals surface area contributed by atoms with Crippen LogP contribution in [0.2, 0.25) is 0 Å². The van der Waals surface area contributed by atoms with Crippen LogP contribution in [0.15, 0.2) is 0 Å². The molecule has 0 aromatic carbocycles. The van der Waals surface area contributed by atoms with Crippen molar-refractivity contribution in [2.45, 2.75) is 39.7 Å². The minimum absolute atomic E-state index is 0.380. The van der Waals surface area contributed by atoms with Crippen LogP contribution in [0.25, 0.3) is 0 Å². The molecule has 0 spiro atoms. The van der Waals surface area contributed by atoms with Crippen molar-refractivity contribution in [3.05, 3.63) is 0 Å². The zero-order valence-corrected chi connectivity index (χ0v) is 11.6. The molecule has 4 N–H and O–H groups in total. The molecule has 0 aliphatic rings. The Balaban J connectivity index is 0. The first-order chi connectivity index (χ1) is 5.40. The molecule has 0 bridgehead atoms. The summed E-state index contributed by atoms with van der Waals surface area (Å²) in [5.41, 5.74) is 5.57. The van der Waals surface area contributed by atoms with E-state index in [1.165, 1.54) is 6.42 Å². The summed E-state index contributed by atoms with van der Waals surface area (Å²) < 4.78 is 4.80. The summed E-state index contributed by atoms with van der Waals surface area (Å²) in [6, 6.07) is 0.380. The number of hydrogen-bond donors (Lipinski definition) is 2. The van der Waals surface area contributed by atoms with E-state index in [1.807, 2.05) is 0 Å². The van der Waals surface area contributed by atoms with Crippen LogP contribution in [-0.2, 0) is 15.5 Å². The van der Waals surface area contributed by atoms with Crippen LogP contribution in [0, 0.1) is 5.92 Å². The van der Waals surface area contributed by atoms with Gasteiger partial charge in [-0.25, -0.2) is 0 Å². The Morgan fingerprint density at radius 2 is 1.67 bits per heavy atom. The number of nitrogens with two attached hydrogens (primary N) is 2. The van der Waals surface area contributed by atoms with Crippen LogP contribution < -0.4 is 10.0 Å². The van der Waals surface area contributed by atoms with Gasteiger partial charge in [-0.3, -0.25) is 0 Å². The molecule has 2 atom stereocenters. The van der Waals surface area contributed by atoms with Gasteiger partial charge in [-0.2, -0.15) is 0 Å². The van der Waals surface area contributed by atoms with Crippen molar-refractivity contribution >= 4 is 18.8 Å². The molecule has 0 saturated carbocycles. The van der Waals surface area contributed by atoms with Gasteiger partial charge in [0.1, 0.15) is 0 Å². The van der Waals surface area contributed by atoms with E-state index in [0.717, 1.165) is 12.3 Å². The number of halogens is 2. The Kier molecular flexibility index (Phi) is 13.4. The molecule has 0 aliphatic carbocycles. The maximum absolute atomic E-state index is 5.57. The summed E-state index contributed by atoms with van der Waals surface area (Å²) in [6.45, 7) is 6.50. The second kappa shape index (κ2) is 10.3. The average molecular weight is 397 g/mol. The summed E-state index contributed by atoms with van der Waals surface area (Å²) in [5, 5.41) is 0. The van der Waals surface area contributed by atoms with Crippen LogP contribution in [0.4, 0.5) is 0 Å². The van der Waals surface area contributed by atoms with Crippen molar-refractivity contribution in [2.24, 2.45) is 15.9 Å². The molecule has 0 aromatic heterocycles. The Hall–Kier alpha value is 1.19. The first-order valence-corrected chi connectivity index (χ1v) is 10.8. The molecule has 0 heterocycles. The molecule has 12 heavy (non-hydrogen) atoms. The van der Waals surface area contributed by atoms with Gasteiger partial charge in [0.05, 0.1) is 0 Å². The quantitative estimate of drug-likeness (QED) is 0.769. The molecule has 0 radical (unpaired) electrons. The summed E-state index contributed by atoms with van der Waals surface area (Å²) in [7, 11) is 9.95. The molecule has 5 heteroatoms. The monoisotopic (exact) mass is 396 g/mol. The van der Waals surface area contributed by atoms with E-state index in [2.05, 4.69) is 20.8 Å². The summed E-state index contributed by atoms with van der Waals surface area (Å²) >= 11 is -1.82. The fourth-order valence-electron chi connectivity index (χ4n) is 0.801. The third kappa shape index (κ3) is 22.5. The Morgan fingerprint density at radius 1 is 1.33 bits per heavy atom. The van der Waals surface area contributed by atoms with E-state index in [4.69, 9.17) is 28.9 Å². The van der Waals surface area contributed by atoms with Crippen LogP contribution in [0.1, 0.15) is 33.6 Å². The average Bonchev–Trinajstić information content (AvgIpc) is 1.84. The zero-order valence-electron chi connectivity index (χ0n) is 7.80. The third-order valence-electron chi connectivity index (χ3n) is 1.47. The third-order valence-corrected chi connectivity index (χ3v) is 1.47. The van der Waals surface area contributed by atoms with Gasteiger partial charge in [0, 0.05) is 6.04 Å². The van der Waals surface area contributed by atoms with E-state index < -0.39 is 15.5 Å². The SMILES string of the molecule is CCC(C)CC(C)N.[NH2][Pt]([Cl])[Cl]. The van der Waals surface area contributed by atoms with Crippen LogP contribution >= 0.6 is 18.8 Å². The molecule has 81 valence electrons. The molecule has 0 fully saturated rings. The van der Waals surface area contributed by atoms with E-state index in [9.17, 15) is 0 Å². The summed E-state index contributed by atoms with van der Waals surface area (Å²) in [4.78, 5) is 0. The molecule has 0 rings (SSSR count). The van der Waals surface area contributed by atoms with Crippen molar-refractivity contribution in [2.75, 3.05) is 0 Å². The molecule has 2 nitrogen and oxygen atoms in total. The fraction of sp³-hybridized carbons (Fsp3) is 1.00. The first-order valence-electron chi connectivity index (χ1n) is 3.84. The van der Waals surface area contributed by atoms with Crippen LogP contribution in [0.3, 0.4) is 0 Å². The number of hydrogen-bond acceptors (Lipinski definition) is 2. The molecule has 2 unspecified atom stereocenters. The van der Waals surface area contributed by atoms with Crippen molar-refractivity contribution in [3.8, 4) is 0 Å². The van der Waals surface area contributed by atoms with Gasteiger partial charge < -0.3 is 5.73 Å². The first kappa shape index (κ1) is 15.7. The summed E-state index contributed by atoms with van der Waals surface area (Å²) in [6.07, 6.45) is 2.41. The second-order valence-corrected chi connectivity index (χ2v) is 9.44. The van der Waals surface area contributed by atoms with Crippen molar-refractivity contribution in [1.82, 2.24) is 0 Å². The van der Waals surface area contributed by atoms with Gasteiger partial charge >= 0.3 is 38.6 Å². The maximum atomic E-state index is 5.57. The van der Waals surface area contributed by atoms with E-state index in [-0.39, 0.29) is 0 Å². The van der Waals surface area contributed by atoms with E-state index in [1.54, 1.807) is 0 Å². The Morgan fingerprint density at radius 3 is 1.75 bits per heavy atom. The zero-order chi connectivity index (χ0) is 10.1. The number of rotatable bonds is 3. The van der Waals surface area contributed by atoms with Gasteiger partial charge in [0.25, 0.3) is 0 Å². The van der Waals surface area contributed by atoms with Gasteiger partial charge in [0.15, 0.2) is 0 Å². The standard InChI is InChI=1S/C7H17N.2ClH.H2N.Pt/c1-4-6(2)5-7(3)8;;;;/h6-7H,4-5,8H2,1-3H3;2*1H;1H2;/q;;;-1;+3/p-2. The van der Waals surface area contributed by atoms with Crippen molar-refractivity contribution in [3.63, 3.8) is 0 Å². The van der Waals surface area contributed by atoms with Gasteiger partial charge in [0.2, 0.25) is 0 Å². The predicted molar refractivity (Wildman–Crippen MR) is 53.6 cm³/mol. The Labute approximate surface area is 89.7 Å². The molecule has 0 amide bonds. The topological polar surface area (TPSA) is 52.0 Å². The molecular formula is C7H19Cl2N2Pt. The molecule has 0 aromatic rings. The minimum atomic E-state index is -1.82. The van der Waals surface area contributed by atoms with Crippen LogP contribution in [0.5, 0.6) is 0 Å². The Bertz CT molecular complexity index is 88.7. The predicted octanol–water partition coefficient (Wildman–Crippen LogP) is 2.56. The van der Waals surface area contributed by atoms with E-state index >= 15 is 0 Å². The fourth-order valence-corrected chi connectivity index (χ4v) is 0.801. The van der Waals surface area contributed by atoms with Gasteiger partial charge in [-0.05, 0) is 19.3 Å². The molecule has 0 saturated heterocycles. The van der Waals surface area contributed by atoms with Gasteiger partial charge in [-0.1, -0.05) is 20.3 Å². The normalized spacial score (nSPS) is 15.8. The van der Waals surface area contributed by atoms with Crippen LogP contribution in [-0.4, -0.2) is 6.04 Å².